The molecule has 0 saturated heterocycles. The second kappa shape index (κ2) is 5.30. The minimum atomic E-state index is 0.00538. The summed E-state index contributed by atoms with van der Waals surface area (Å²) in [7, 11) is 0. The highest BCUT2D eigenvalue weighted by Crippen LogP contribution is 2.31. The molecule has 6 nitrogen and oxygen atoms in total. The zero-order chi connectivity index (χ0) is 14.1. The van der Waals surface area contributed by atoms with Crippen LogP contribution in [-0.2, 0) is 12.8 Å². The Balaban J connectivity index is 2.10. The highest BCUT2D eigenvalue weighted by molar-refractivity contribution is 5.82. The fourth-order valence-electron chi connectivity index (χ4n) is 2.95. The van der Waals surface area contributed by atoms with Gasteiger partial charge in [0, 0.05) is 18.8 Å². The smallest absolute Gasteiger partial charge is 0.175 e. The predicted octanol–water partition coefficient (Wildman–Crippen LogP) is 0.196. The van der Waals surface area contributed by atoms with Gasteiger partial charge in [-0.1, -0.05) is 6.07 Å². The molecule has 1 aliphatic carbocycles. The van der Waals surface area contributed by atoms with Crippen molar-refractivity contribution in [1.29, 1.82) is 0 Å². The van der Waals surface area contributed by atoms with Crippen LogP contribution < -0.4 is 10.6 Å². The molecule has 2 aromatic rings. The van der Waals surface area contributed by atoms with Gasteiger partial charge in [-0.05, 0) is 30.9 Å². The van der Waals surface area contributed by atoms with E-state index in [4.69, 9.17) is 15.9 Å². The first kappa shape index (κ1) is 13.2. The van der Waals surface area contributed by atoms with E-state index in [9.17, 15) is 0 Å². The molecule has 0 aliphatic heterocycles. The van der Waals surface area contributed by atoms with E-state index in [-0.39, 0.29) is 13.2 Å². The molecule has 0 bridgehead atoms. The number of rotatable bonds is 5. The Kier molecular flexibility index (Phi) is 3.50. The second-order valence-electron chi connectivity index (χ2n) is 5.13. The number of nitrogens with zero attached hydrogens (tertiary/aromatic N) is 3. The first-order chi connectivity index (χ1) is 9.76. The molecule has 6 heteroatoms. The van der Waals surface area contributed by atoms with Gasteiger partial charge >= 0.3 is 0 Å². The summed E-state index contributed by atoms with van der Waals surface area (Å²) in [5.41, 5.74) is 10.3. The van der Waals surface area contributed by atoms with E-state index in [1.807, 2.05) is 15.5 Å². The first-order valence-corrected chi connectivity index (χ1v) is 7.02. The lowest BCUT2D eigenvalue weighted by molar-refractivity contribution is 0.280. The first-order valence-electron chi connectivity index (χ1n) is 7.02. The third kappa shape index (κ3) is 2.01. The molecule has 2 aromatic heterocycles. The normalized spacial score (nSPS) is 13.9. The van der Waals surface area contributed by atoms with Gasteiger partial charge in [0.05, 0.1) is 18.7 Å². The Morgan fingerprint density at radius 3 is 2.65 bits per heavy atom. The van der Waals surface area contributed by atoms with Crippen molar-refractivity contribution in [3.8, 4) is 0 Å². The van der Waals surface area contributed by atoms with E-state index in [2.05, 4.69) is 11.2 Å². The predicted molar refractivity (Wildman–Crippen MR) is 78.0 cm³/mol. The molecule has 3 rings (SSSR count). The molecule has 0 atom stereocenters. The number of hydrogen-bond acceptors (Lipinski definition) is 5. The number of aliphatic hydroxyl groups excluding tert-OH is 2. The third-order valence-corrected chi connectivity index (χ3v) is 3.91. The average molecular weight is 276 g/mol. The van der Waals surface area contributed by atoms with Gasteiger partial charge in [-0.15, -0.1) is 5.10 Å². The zero-order valence-corrected chi connectivity index (χ0v) is 11.4. The number of nitrogen functional groups attached to an aromatic ring is 1. The van der Waals surface area contributed by atoms with Crippen LogP contribution in [0.15, 0.2) is 12.1 Å². The Bertz CT molecular complexity index is 617. The molecule has 0 aromatic carbocycles. The summed E-state index contributed by atoms with van der Waals surface area (Å²) in [5.74, 6) is 0.647. The average Bonchev–Trinajstić information content (AvgIpc) is 3.03. The van der Waals surface area contributed by atoms with Crippen molar-refractivity contribution in [2.45, 2.75) is 19.3 Å². The van der Waals surface area contributed by atoms with E-state index in [0.29, 0.717) is 24.6 Å². The van der Waals surface area contributed by atoms with Crippen LogP contribution in [0.2, 0.25) is 0 Å². The van der Waals surface area contributed by atoms with Crippen LogP contribution in [0.25, 0.3) is 5.52 Å². The molecular weight excluding hydrogens is 256 g/mol. The summed E-state index contributed by atoms with van der Waals surface area (Å²) in [6.07, 6.45) is 3.27. The SMILES string of the molecule is Nc1c(N(CCO)CCO)nn2c3c(ccc12)CCC3. The molecule has 108 valence electrons. The maximum Gasteiger partial charge on any atom is 0.175 e. The van der Waals surface area contributed by atoms with Crippen LogP contribution in [0.1, 0.15) is 17.7 Å². The molecule has 0 radical (unpaired) electrons. The van der Waals surface area contributed by atoms with Crippen LogP contribution in [0.3, 0.4) is 0 Å². The van der Waals surface area contributed by atoms with Gasteiger partial charge in [0.15, 0.2) is 5.82 Å². The summed E-state index contributed by atoms with van der Waals surface area (Å²) in [4.78, 5) is 1.82. The monoisotopic (exact) mass is 276 g/mol. The van der Waals surface area contributed by atoms with E-state index in [1.54, 1.807) is 0 Å². The highest BCUT2D eigenvalue weighted by Gasteiger charge is 2.21. The summed E-state index contributed by atoms with van der Waals surface area (Å²) in [6, 6.07) is 4.13. The summed E-state index contributed by atoms with van der Waals surface area (Å²) in [6.45, 7) is 0.838. The van der Waals surface area contributed by atoms with Crippen molar-refractivity contribution in [3.63, 3.8) is 0 Å². The number of aryl methyl sites for hydroxylation is 2. The number of fused-ring (bicyclic) bond motifs is 3. The molecule has 0 amide bonds. The van der Waals surface area contributed by atoms with Gasteiger partial charge in [-0.3, -0.25) is 0 Å². The van der Waals surface area contributed by atoms with Crippen molar-refractivity contribution >= 4 is 17.0 Å². The van der Waals surface area contributed by atoms with Crippen LogP contribution in [0.4, 0.5) is 11.5 Å². The molecule has 0 unspecified atom stereocenters. The van der Waals surface area contributed by atoms with Crippen molar-refractivity contribution < 1.29 is 10.2 Å². The minimum Gasteiger partial charge on any atom is -0.395 e. The van der Waals surface area contributed by atoms with Crippen molar-refractivity contribution in [2.75, 3.05) is 36.9 Å². The lowest BCUT2D eigenvalue weighted by atomic mass is 10.2. The topological polar surface area (TPSA) is 87.0 Å². The Morgan fingerprint density at radius 2 is 1.95 bits per heavy atom. The van der Waals surface area contributed by atoms with Gasteiger partial charge in [-0.2, -0.15) is 0 Å². The van der Waals surface area contributed by atoms with E-state index < -0.39 is 0 Å². The van der Waals surface area contributed by atoms with Crippen LogP contribution >= 0.6 is 0 Å². The van der Waals surface area contributed by atoms with E-state index in [1.165, 1.54) is 11.3 Å². The molecule has 20 heavy (non-hydrogen) atoms. The van der Waals surface area contributed by atoms with Crippen molar-refractivity contribution in [3.05, 3.63) is 23.4 Å². The van der Waals surface area contributed by atoms with Crippen LogP contribution in [0, 0.1) is 0 Å². The molecular formula is C14H20N4O2. The summed E-state index contributed by atoms with van der Waals surface area (Å²) in [5, 5.41) is 22.9. The van der Waals surface area contributed by atoms with Crippen LogP contribution in [-0.4, -0.2) is 46.1 Å². The van der Waals surface area contributed by atoms with Gasteiger partial charge in [0.25, 0.3) is 0 Å². The zero-order valence-electron chi connectivity index (χ0n) is 11.4. The Hall–Kier alpha value is -1.79. The number of hydrogen-bond donors (Lipinski definition) is 3. The van der Waals surface area contributed by atoms with Crippen LogP contribution in [0.5, 0.6) is 0 Å². The molecule has 4 N–H and O–H groups in total. The van der Waals surface area contributed by atoms with E-state index in [0.717, 1.165) is 24.8 Å². The standard InChI is InChI=1S/C14H20N4O2/c15-13-12-5-4-10-2-1-3-11(10)18(12)16-14(13)17(6-8-19)7-9-20/h4-5,19-20H,1-3,6-9,15H2. The second-order valence-corrected chi connectivity index (χ2v) is 5.13. The van der Waals surface area contributed by atoms with Gasteiger partial charge < -0.3 is 20.8 Å². The number of aliphatic hydroxyl groups is 2. The fraction of sp³-hybridized carbons (Fsp3) is 0.500. The molecule has 0 spiro atoms. The fourth-order valence-corrected chi connectivity index (χ4v) is 2.95. The van der Waals surface area contributed by atoms with Crippen molar-refractivity contribution in [1.82, 2.24) is 9.61 Å². The summed E-state index contributed by atoms with van der Waals surface area (Å²) < 4.78 is 1.93. The lowest BCUT2D eigenvalue weighted by Crippen LogP contribution is -2.30. The summed E-state index contributed by atoms with van der Waals surface area (Å²) >= 11 is 0. The largest absolute Gasteiger partial charge is 0.395 e. The number of pyridine rings is 1. The number of nitrogens with two attached hydrogens (primary N) is 1. The number of aromatic nitrogens is 2. The Morgan fingerprint density at radius 1 is 1.20 bits per heavy atom. The molecule has 2 heterocycles. The highest BCUT2D eigenvalue weighted by atomic mass is 16.3. The van der Waals surface area contributed by atoms with Gasteiger partial charge in [0.1, 0.15) is 5.69 Å². The minimum absolute atomic E-state index is 0.00538. The maximum atomic E-state index is 9.15. The van der Waals surface area contributed by atoms with Crippen molar-refractivity contribution in [2.24, 2.45) is 0 Å². The van der Waals surface area contributed by atoms with E-state index >= 15 is 0 Å². The van der Waals surface area contributed by atoms with Gasteiger partial charge in [-0.25, -0.2) is 4.52 Å². The quantitative estimate of drug-likeness (QED) is 0.726. The lowest BCUT2D eigenvalue weighted by Gasteiger charge is -2.20. The third-order valence-electron chi connectivity index (χ3n) is 3.91. The number of anilines is 2. The maximum absolute atomic E-state index is 9.15. The molecule has 0 fully saturated rings. The Labute approximate surface area is 117 Å². The molecule has 0 saturated carbocycles. The van der Waals surface area contributed by atoms with Gasteiger partial charge in [0.2, 0.25) is 0 Å². The molecule has 1 aliphatic rings.